The molecule has 0 aliphatic heterocycles. The topological polar surface area (TPSA) is 43.1 Å². The summed E-state index contributed by atoms with van der Waals surface area (Å²) in [6.45, 7) is 1.90. The van der Waals surface area contributed by atoms with Crippen molar-refractivity contribution in [3.8, 4) is 11.4 Å². The molecule has 4 nitrogen and oxygen atoms in total. The third-order valence-corrected chi connectivity index (χ3v) is 3.28. The SMILES string of the molecule is Cc1cc(Cl)nc(-c2cnn3ccsc23)n1. The van der Waals surface area contributed by atoms with Gasteiger partial charge in [0, 0.05) is 17.3 Å². The Labute approximate surface area is 101 Å². The molecular formula is C10H7ClN4S. The van der Waals surface area contributed by atoms with Crippen molar-refractivity contribution < 1.29 is 0 Å². The zero-order valence-electron chi connectivity index (χ0n) is 8.38. The van der Waals surface area contributed by atoms with Gasteiger partial charge >= 0.3 is 0 Å². The fourth-order valence-corrected chi connectivity index (χ4v) is 2.56. The van der Waals surface area contributed by atoms with Gasteiger partial charge in [0.15, 0.2) is 5.82 Å². The van der Waals surface area contributed by atoms with Crippen LogP contribution in [0.1, 0.15) is 5.69 Å². The highest BCUT2D eigenvalue weighted by Gasteiger charge is 2.11. The lowest BCUT2D eigenvalue weighted by Gasteiger charge is -1.98. The molecule has 0 radical (unpaired) electrons. The lowest BCUT2D eigenvalue weighted by atomic mass is 10.3. The Morgan fingerprint density at radius 3 is 3.06 bits per heavy atom. The van der Waals surface area contributed by atoms with Gasteiger partial charge in [-0.1, -0.05) is 11.6 Å². The van der Waals surface area contributed by atoms with Crippen LogP contribution in [0.15, 0.2) is 23.8 Å². The first-order chi connectivity index (χ1) is 7.74. The van der Waals surface area contributed by atoms with E-state index >= 15 is 0 Å². The number of aryl methyl sites for hydroxylation is 1. The molecule has 0 atom stereocenters. The van der Waals surface area contributed by atoms with Crippen molar-refractivity contribution in [3.05, 3.63) is 34.7 Å². The second-order valence-electron chi connectivity index (χ2n) is 3.37. The summed E-state index contributed by atoms with van der Waals surface area (Å²) in [5.74, 6) is 0.627. The van der Waals surface area contributed by atoms with Gasteiger partial charge in [-0.25, -0.2) is 14.5 Å². The molecule has 3 aromatic rings. The Kier molecular flexibility index (Phi) is 2.15. The first-order valence-corrected chi connectivity index (χ1v) is 5.92. The fraction of sp³-hybridized carbons (Fsp3) is 0.100. The third kappa shape index (κ3) is 1.48. The number of aromatic nitrogens is 4. The molecular weight excluding hydrogens is 244 g/mol. The van der Waals surface area contributed by atoms with Gasteiger partial charge in [0.2, 0.25) is 0 Å². The number of hydrogen-bond acceptors (Lipinski definition) is 4. The lowest BCUT2D eigenvalue weighted by molar-refractivity contribution is 0.978. The van der Waals surface area contributed by atoms with Crippen molar-refractivity contribution in [1.29, 1.82) is 0 Å². The highest BCUT2D eigenvalue weighted by Crippen LogP contribution is 2.25. The van der Waals surface area contributed by atoms with E-state index in [1.165, 1.54) is 0 Å². The summed E-state index contributed by atoms with van der Waals surface area (Å²) in [7, 11) is 0. The number of fused-ring (bicyclic) bond motifs is 1. The predicted octanol–water partition coefficient (Wildman–Crippen LogP) is 2.81. The summed E-state index contributed by atoms with van der Waals surface area (Å²) in [5, 5.41) is 6.65. The zero-order chi connectivity index (χ0) is 11.1. The first-order valence-electron chi connectivity index (χ1n) is 4.66. The summed E-state index contributed by atoms with van der Waals surface area (Å²) in [6.07, 6.45) is 3.66. The van der Waals surface area contributed by atoms with Crippen LogP contribution in [0.25, 0.3) is 16.2 Å². The van der Waals surface area contributed by atoms with Gasteiger partial charge in [0.25, 0.3) is 0 Å². The van der Waals surface area contributed by atoms with E-state index < -0.39 is 0 Å². The molecule has 0 aliphatic rings. The maximum Gasteiger partial charge on any atom is 0.165 e. The Bertz CT molecular complexity index is 637. The number of thiazole rings is 1. The molecule has 0 saturated heterocycles. The molecule has 16 heavy (non-hydrogen) atoms. The second kappa shape index (κ2) is 3.54. The van der Waals surface area contributed by atoms with Crippen molar-refractivity contribution in [1.82, 2.24) is 19.6 Å². The molecule has 0 saturated carbocycles. The minimum absolute atomic E-state index is 0.457. The summed E-state index contributed by atoms with van der Waals surface area (Å²) in [4.78, 5) is 9.61. The maximum atomic E-state index is 5.92. The van der Waals surface area contributed by atoms with Gasteiger partial charge in [-0.2, -0.15) is 5.10 Å². The molecule has 3 rings (SSSR count). The van der Waals surface area contributed by atoms with E-state index in [4.69, 9.17) is 11.6 Å². The number of hydrogen-bond donors (Lipinski definition) is 0. The minimum Gasteiger partial charge on any atom is -0.233 e. The standard InChI is InChI=1S/C10H7ClN4S/c1-6-4-8(11)14-9(13-6)7-5-12-15-2-3-16-10(7)15/h2-5H,1H3. The van der Waals surface area contributed by atoms with Crippen LogP contribution in [-0.4, -0.2) is 19.6 Å². The minimum atomic E-state index is 0.457. The normalized spacial score (nSPS) is 11.1. The molecule has 0 aliphatic carbocycles. The smallest absolute Gasteiger partial charge is 0.165 e. The van der Waals surface area contributed by atoms with Crippen LogP contribution in [0.4, 0.5) is 0 Å². The predicted molar refractivity (Wildman–Crippen MR) is 63.8 cm³/mol. The molecule has 0 unspecified atom stereocenters. The van der Waals surface area contributed by atoms with Crippen LogP contribution in [-0.2, 0) is 0 Å². The summed E-state index contributed by atoms with van der Waals surface area (Å²) in [5.41, 5.74) is 1.77. The van der Waals surface area contributed by atoms with Gasteiger partial charge < -0.3 is 0 Å². The average Bonchev–Trinajstić information content (AvgIpc) is 2.75. The second-order valence-corrected chi connectivity index (χ2v) is 4.65. The first kappa shape index (κ1) is 9.74. The van der Waals surface area contributed by atoms with Gasteiger partial charge in [-0.05, 0) is 13.0 Å². The quantitative estimate of drug-likeness (QED) is 0.624. The number of nitrogens with zero attached hydrogens (tertiary/aromatic N) is 4. The van der Waals surface area contributed by atoms with Crippen LogP contribution >= 0.6 is 22.9 Å². The van der Waals surface area contributed by atoms with Crippen molar-refractivity contribution in [2.45, 2.75) is 6.92 Å². The van der Waals surface area contributed by atoms with Gasteiger partial charge in [0.1, 0.15) is 9.98 Å². The molecule has 0 amide bonds. The van der Waals surface area contributed by atoms with Crippen LogP contribution in [0.5, 0.6) is 0 Å². The van der Waals surface area contributed by atoms with E-state index in [9.17, 15) is 0 Å². The van der Waals surface area contributed by atoms with E-state index in [0.717, 1.165) is 16.1 Å². The highest BCUT2D eigenvalue weighted by molar-refractivity contribution is 7.16. The Morgan fingerprint density at radius 2 is 2.25 bits per heavy atom. The molecule has 0 bridgehead atoms. The van der Waals surface area contributed by atoms with Gasteiger partial charge in [-0.15, -0.1) is 11.3 Å². The monoisotopic (exact) mass is 250 g/mol. The highest BCUT2D eigenvalue weighted by atomic mass is 35.5. The molecule has 0 fully saturated rings. The largest absolute Gasteiger partial charge is 0.233 e. The van der Waals surface area contributed by atoms with Crippen molar-refractivity contribution in [2.75, 3.05) is 0 Å². The Hall–Kier alpha value is -1.46. The van der Waals surface area contributed by atoms with Crippen molar-refractivity contribution >= 4 is 27.8 Å². The molecule has 80 valence electrons. The number of rotatable bonds is 1. The van der Waals surface area contributed by atoms with E-state index in [-0.39, 0.29) is 0 Å². The average molecular weight is 251 g/mol. The molecule has 3 aromatic heterocycles. The number of halogens is 1. The maximum absolute atomic E-state index is 5.92. The van der Waals surface area contributed by atoms with Crippen molar-refractivity contribution in [3.63, 3.8) is 0 Å². The lowest BCUT2D eigenvalue weighted by Crippen LogP contribution is -1.91. The fourth-order valence-electron chi connectivity index (χ4n) is 1.53. The van der Waals surface area contributed by atoms with Crippen LogP contribution in [0.3, 0.4) is 0 Å². The van der Waals surface area contributed by atoms with Gasteiger partial charge in [0.05, 0.1) is 11.8 Å². The van der Waals surface area contributed by atoms with Crippen LogP contribution < -0.4 is 0 Å². The Balaban J connectivity index is 2.26. The van der Waals surface area contributed by atoms with Gasteiger partial charge in [-0.3, -0.25) is 0 Å². The summed E-state index contributed by atoms with van der Waals surface area (Å²) >= 11 is 7.52. The van der Waals surface area contributed by atoms with E-state index in [0.29, 0.717) is 11.0 Å². The van der Waals surface area contributed by atoms with E-state index in [1.807, 2.05) is 18.5 Å². The molecule has 0 spiro atoms. The Morgan fingerprint density at radius 1 is 1.38 bits per heavy atom. The zero-order valence-corrected chi connectivity index (χ0v) is 9.96. The van der Waals surface area contributed by atoms with Crippen LogP contribution in [0.2, 0.25) is 5.15 Å². The molecule has 6 heteroatoms. The van der Waals surface area contributed by atoms with Crippen molar-refractivity contribution in [2.24, 2.45) is 0 Å². The molecule has 3 heterocycles. The van der Waals surface area contributed by atoms with E-state index in [1.54, 1.807) is 28.1 Å². The van der Waals surface area contributed by atoms with E-state index in [2.05, 4.69) is 15.1 Å². The molecule has 0 aromatic carbocycles. The summed E-state index contributed by atoms with van der Waals surface area (Å²) < 4.78 is 1.81. The summed E-state index contributed by atoms with van der Waals surface area (Å²) in [6, 6.07) is 1.74. The van der Waals surface area contributed by atoms with Crippen LogP contribution in [0, 0.1) is 6.92 Å². The molecule has 0 N–H and O–H groups in total. The third-order valence-electron chi connectivity index (χ3n) is 2.20.